The van der Waals surface area contributed by atoms with Gasteiger partial charge in [0.15, 0.2) is 11.5 Å². The summed E-state index contributed by atoms with van der Waals surface area (Å²) in [5.74, 6) is 2.11. The van der Waals surface area contributed by atoms with Gasteiger partial charge < -0.3 is 35.2 Å². The van der Waals surface area contributed by atoms with Crippen molar-refractivity contribution in [1.29, 1.82) is 0 Å². The molecule has 11 nitrogen and oxygen atoms in total. The molecule has 0 unspecified atom stereocenters. The van der Waals surface area contributed by atoms with Gasteiger partial charge in [-0.15, -0.1) is 0 Å². The first kappa shape index (κ1) is 37.3. The molecule has 2 atom stereocenters. The Kier molecular flexibility index (Phi) is 11.6. The third-order valence-electron chi connectivity index (χ3n) is 8.86. The van der Waals surface area contributed by atoms with Crippen molar-refractivity contribution in [2.75, 3.05) is 13.2 Å². The summed E-state index contributed by atoms with van der Waals surface area (Å²) in [7, 11) is 1.70. The number of nitrogens with zero attached hydrogens (tertiary/aromatic N) is 4. The zero-order valence-corrected chi connectivity index (χ0v) is 30.6. The van der Waals surface area contributed by atoms with Crippen molar-refractivity contribution in [3.8, 4) is 17.2 Å². The van der Waals surface area contributed by atoms with Gasteiger partial charge in [0.2, 0.25) is 0 Å². The molecule has 0 aliphatic rings. The topological polar surface area (TPSA) is 161 Å². The standard InChI is InChI=1S/C21H27N3O2.C19H23N3O3/c1-13(2)9-15(22)12-26-16-5-6-18-17-7-8-23-11-19(17)21(25)24(14(3)4)20(18)10-16;1-11(2)6-12(20)10-25-18-8-16-14(7-17(18)23)13-4-5-21-9-15(13)19(24)22(16)3/h5-8,10-11,13-15H,9,12,22H2,1-4H3;4-5,7-9,11-12,23H,6,10,20H2,1-3H3/t15-;12-/m00/s1. The van der Waals surface area contributed by atoms with Gasteiger partial charge in [0.25, 0.3) is 11.1 Å². The highest BCUT2D eigenvalue weighted by atomic mass is 16.5. The van der Waals surface area contributed by atoms with Crippen LogP contribution in [0, 0.1) is 11.8 Å². The maximum Gasteiger partial charge on any atom is 0.260 e. The monoisotopic (exact) mass is 694 g/mol. The average molecular weight is 695 g/mol. The summed E-state index contributed by atoms with van der Waals surface area (Å²) < 4.78 is 15.0. The second kappa shape index (κ2) is 15.9. The molecule has 6 rings (SSSR count). The Morgan fingerprint density at radius 1 is 0.686 bits per heavy atom. The van der Waals surface area contributed by atoms with Gasteiger partial charge in [0, 0.05) is 72.9 Å². The van der Waals surface area contributed by atoms with Crippen molar-refractivity contribution >= 4 is 43.4 Å². The molecule has 0 spiro atoms. The number of hydrogen-bond acceptors (Lipinski definition) is 9. The molecule has 6 aromatic rings. The number of hydrogen-bond donors (Lipinski definition) is 3. The number of nitrogens with two attached hydrogens (primary N) is 2. The maximum absolute atomic E-state index is 12.9. The number of aryl methyl sites for hydroxylation is 1. The van der Waals surface area contributed by atoms with E-state index in [0.29, 0.717) is 47.1 Å². The highest BCUT2D eigenvalue weighted by Crippen LogP contribution is 2.34. The van der Waals surface area contributed by atoms with Gasteiger partial charge in [0.1, 0.15) is 19.0 Å². The van der Waals surface area contributed by atoms with E-state index in [9.17, 15) is 14.7 Å². The Balaban J connectivity index is 0.000000198. The number of aromatic hydroxyl groups is 1. The summed E-state index contributed by atoms with van der Waals surface area (Å²) in [4.78, 5) is 33.6. The van der Waals surface area contributed by atoms with E-state index in [1.807, 2.05) is 38.1 Å². The molecular formula is C40H50N6O5. The zero-order chi connectivity index (χ0) is 37.0. The molecule has 2 aromatic carbocycles. The van der Waals surface area contributed by atoms with Crippen LogP contribution in [-0.2, 0) is 7.05 Å². The predicted molar refractivity (Wildman–Crippen MR) is 206 cm³/mol. The van der Waals surface area contributed by atoms with Crippen LogP contribution in [0.15, 0.2) is 76.8 Å². The van der Waals surface area contributed by atoms with Gasteiger partial charge in [0.05, 0.1) is 21.8 Å². The fourth-order valence-electron chi connectivity index (χ4n) is 6.58. The lowest BCUT2D eigenvalue weighted by atomic mass is 10.1. The summed E-state index contributed by atoms with van der Waals surface area (Å²) >= 11 is 0. The smallest absolute Gasteiger partial charge is 0.260 e. The second-order valence-corrected chi connectivity index (χ2v) is 14.4. The van der Waals surface area contributed by atoms with Crippen molar-refractivity contribution in [3.63, 3.8) is 0 Å². The fourth-order valence-corrected chi connectivity index (χ4v) is 6.58. The van der Waals surface area contributed by atoms with Gasteiger partial charge in [-0.1, -0.05) is 27.7 Å². The van der Waals surface area contributed by atoms with Crippen LogP contribution in [0.25, 0.3) is 43.4 Å². The largest absolute Gasteiger partial charge is 0.504 e. The number of aromatic nitrogens is 4. The van der Waals surface area contributed by atoms with Crippen molar-refractivity contribution in [2.45, 2.75) is 72.5 Å². The lowest BCUT2D eigenvalue weighted by molar-refractivity contribution is 0.260. The van der Waals surface area contributed by atoms with Crippen LogP contribution in [0.3, 0.4) is 0 Å². The van der Waals surface area contributed by atoms with E-state index in [1.165, 1.54) is 0 Å². The first-order chi connectivity index (χ1) is 24.3. The second-order valence-electron chi connectivity index (χ2n) is 14.4. The van der Waals surface area contributed by atoms with Crippen LogP contribution in [0.1, 0.15) is 60.4 Å². The Hall–Kier alpha value is -5.00. The van der Waals surface area contributed by atoms with Crippen LogP contribution < -0.4 is 32.1 Å². The van der Waals surface area contributed by atoms with E-state index in [-0.39, 0.29) is 35.0 Å². The summed E-state index contributed by atoms with van der Waals surface area (Å²) in [6.45, 7) is 13.3. The Labute approximate surface area is 297 Å². The lowest BCUT2D eigenvalue weighted by Crippen LogP contribution is -2.29. The highest BCUT2D eigenvalue weighted by molar-refractivity contribution is 6.07. The Morgan fingerprint density at radius 2 is 1.25 bits per heavy atom. The normalized spacial score (nSPS) is 12.9. The van der Waals surface area contributed by atoms with E-state index in [1.54, 1.807) is 59.2 Å². The molecule has 0 saturated carbocycles. The highest BCUT2D eigenvalue weighted by Gasteiger charge is 2.16. The number of ether oxygens (including phenoxy) is 2. The molecule has 4 aromatic heterocycles. The number of pyridine rings is 4. The first-order valence-electron chi connectivity index (χ1n) is 17.5. The molecule has 0 fully saturated rings. The van der Waals surface area contributed by atoms with Crippen LogP contribution in [0.4, 0.5) is 0 Å². The molecule has 0 amide bonds. The minimum atomic E-state index is -0.135. The van der Waals surface area contributed by atoms with Crippen LogP contribution in [-0.4, -0.2) is 49.5 Å². The third kappa shape index (κ3) is 8.32. The quantitative estimate of drug-likeness (QED) is 0.130. The predicted octanol–water partition coefficient (Wildman–Crippen LogP) is 6.43. The van der Waals surface area contributed by atoms with Crippen molar-refractivity contribution < 1.29 is 14.6 Å². The summed E-state index contributed by atoms with van der Waals surface area (Å²) in [6, 6.07) is 12.8. The van der Waals surface area contributed by atoms with E-state index in [2.05, 4.69) is 37.7 Å². The molecular weight excluding hydrogens is 644 g/mol. The molecule has 0 bridgehead atoms. The van der Waals surface area contributed by atoms with Crippen molar-refractivity contribution in [2.24, 2.45) is 30.4 Å². The average Bonchev–Trinajstić information content (AvgIpc) is 3.08. The van der Waals surface area contributed by atoms with Crippen molar-refractivity contribution in [1.82, 2.24) is 19.1 Å². The van der Waals surface area contributed by atoms with Gasteiger partial charge in [-0.25, -0.2) is 0 Å². The number of phenols is 1. The number of fused-ring (bicyclic) bond motifs is 6. The maximum atomic E-state index is 12.9. The van der Waals surface area contributed by atoms with Gasteiger partial charge in [-0.05, 0) is 79.6 Å². The van der Waals surface area contributed by atoms with Crippen LogP contribution >= 0.6 is 0 Å². The number of phenolic OH excluding ortho intramolecular Hbond substituents is 1. The molecule has 4 heterocycles. The minimum absolute atomic E-state index is 0.000617. The SMILES string of the molecule is CC(C)C[C@H](N)COc1cc2c(cc1O)c1ccncc1c(=O)n2C.CC(C)C[C@H](N)COc1ccc2c3ccncc3c(=O)n(C(C)C)c2c1. The number of rotatable bonds is 11. The third-order valence-corrected chi connectivity index (χ3v) is 8.86. The Morgan fingerprint density at radius 3 is 1.84 bits per heavy atom. The molecule has 0 aliphatic heterocycles. The molecule has 0 saturated heterocycles. The molecule has 51 heavy (non-hydrogen) atoms. The van der Waals surface area contributed by atoms with Crippen molar-refractivity contribution in [3.05, 3.63) is 88.0 Å². The van der Waals surface area contributed by atoms with E-state index in [4.69, 9.17) is 20.9 Å². The molecule has 5 N–H and O–H groups in total. The van der Waals surface area contributed by atoms with E-state index in [0.717, 1.165) is 45.7 Å². The van der Waals surface area contributed by atoms with Crippen LogP contribution in [0.5, 0.6) is 17.2 Å². The van der Waals surface area contributed by atoms with Gasteiger partial charge >= 0.3 is 0 Å². The zero-order valence-electron chi connectivity index (χ0n) is 30.6. The minimum Gasteiger partial charge on any atom is -0.504 e. The Bertz CT molecular complexity index is 2280. The number of benzene rings is 2. The molecule has 270 valence electrons. The fraction of sp³-hybridized carbons (Fsp3) is 0.400. The lowest BCUT2D eigenvalue weighted by Gasteiger charge is -2.18. The van der Waals surface area contributed by atoms with Crippen LogP contribution in [0.2, 0.25) is 0 Å². The van der Waals surface area contributed by atoms with E-state index < -0.39 is 0 Å². The molecule has 0 radical (unpaired) electrons. The van der Waals surface area contributed by atoms with Gasteiger partial charge in [-0.3, -0.25) is 19.6 Å². The molecule has 11 heteroatoms. The van der Waals surface area contributed by atoms with E-state index >= 15 is 0 Å². The summed E-state index contributed by atoms with van der Waals surface area (Å²) in [5.41, 5.74) is 13.6. The van der Waals surface area contributed by atoms with Gasteiger partial charge in [-0.2, -0.15) is 0 Å². The molecule has 0 aliphatic carbocycles. The summed E-state index contributed by atoms with van der Waals surface area (Å²) in [5, 5.41) is 15.0. The first-order valence-corrected chi connectivity index (χ1v) is 17.5. The summed E-state index contributed by atoms with van der Waals surface area (Å²) in [6.07, 6.45) is 8.30.